The normalized spacial score (nSPS) is 30.2. The first kappa shape index (κ1) is 11.6. The number of nitrogens with zero attached hydrogens (tertiary/aromatic N) is 1. The van der Waals surface area contributed by atoms with Gasteiger partial charge in [0.1, 0.15) is 17.6 Å². The second-order valence-corrected chi connectivity index (χ2v) is 4.36. The number of ether oxygens (including phenoxy) is 3. The van der Waals surface area contributed by atoms with Gasteiger partial charge in [0.15, 0.2) is 11.9 Å². The van der Waals surface area contributed by atoms with Crippen LogP contribution in [-0.4, -0.2) is 31.5 Å². The summed E-state index contributed by atoms with van der Waals surface area (Å²) in [5.41, 5.74) is 0.0813. The summed E-state index contributed by atoms with van der Waals surface area (Å²) in [7, 11) is 0. The van der Waals surface area contributed by atoms with Crippen LogP contribution < -0.4 is 4.74 Å². The first-order valence-corrected chi connectivity index (χ1v) is 5.80. The SMILES string of the molecule is O=Nc1ccc(F)cc1O[C@@H]1CO[C@@H]2CCO[C@@H]21. The molecule has 2 aliphatic heterocycles. The molecule has 0 saturated carbocycles. The van der Waals surface area contributed by atoms with Gasteiger partial charge < -0.3 is 14.2 Å². The van der Waals surface area contributed by atoms with Crippen molar-refractivity contribution in [2.24, 2.45) is 5.18 Å². The second-order valence-electron chi connectivity index (χ2n) is 4.36. The van der Waals surface area contributed by atoms with E-state index in [1.807, 2.05) is 0 Å². The number of benzene rings is 1. The van der Waals surface area contributed by atoms with Crippen molar-refractivity contribution in [3.63, 3.8) is 0 Å². The molecule has 0 aromatic heterocycles. The Morgan fingerprint density at radius 3 is 3.11 bits per heavy atom. The maximum absolute atomic E-state index is 13.1. The zero-order valence-electron chi connectivity index (χ0n) is 9.54. The molecule has 0 aliphatic carbocycles. The fraction of sp³-hybridized carbons (Fsp3) is 0.500. The Morgan fingerprint density at radius 2 is 2.28 bits per heavy atom. The van der Waals surface area contributed by atoms with E-state index < -0.39 is 5.82 Å². The van der Waals surface area contributed by atoms with Crippen LogP contribution in [0.5, 0.6) is 5.75 Å². The molecule has 18 heavy (non-hydrogen) atoms. The molecule has 0 unspecified atom stereocenters. The van der Waals surface area contributed by atoms with Gasteiger partial charge >= 0.3 is 0 Å². The monoisotopic (exact) mass is 253 g/mol. The van der Waals surface area contributed by atoms with E-state index >= 15 is 0 Å². The van der Waals surface area contributed by atoms with E-state index in [9.17, 15) is 9.30 Å². The summed E-state index contributed by atoms with van der Waals surface area (Å²) in [6, 6.07) is 3.61. The molecule has 0 spiro atoms. The minimum Gasteiger partial charge on any atom is -0.483 e. The molecule has 3 rings (SSSR count). The van der Waals surface area contributed by atoms with Crippen LogP contribution >= 0.6 is 0 Å². The molecule has 0 N–H and O–H groups in total. The Balaban J connectivity index is 1.80. The summed E-state index contributed by atoms with van der Waals surface area (Å²) in [5.74, 6) is -0.338. The third-order valence-corrected chi connectivity index (χ3v) is 3.22. The summed E-state index contributed by atoms with van der Waals surface area (Å²) in [4.78, 5) is 10.6. The third kappa shape index (κ3) is 1.97. The zero-order valence-corrected chi connectivity index (χ0v) is 9.54. The lowest BCUT2D eigenvalue weighted by molar-refractivity contribution is 0.0310. The standard InChI is InChI=1S/C12H12FNO4/c13-7-1-2-8(14-15)10(5-7)18-11-6-17-9-3-4-16-12(9)11/h1-2,5,9,11-12H,3-4,6H2/t9-,11-,12+/m1/s1. The molecule has 2 heterocycles. The highest BCUT2D eigenvalue weighted by molar-refractivity contribution is 5.51. The van der Waals surface area contributed by atoms with E-state index in [4.69, 9.17) is 14.2 Å². The number of rotatable bonds is 3. The summed E-state index contributed by atoms with van der Waals surface area (Å²) in [6.45, 7) is 1.02. The second kappa shape index (κ2) is 4.62. The van der Waals surface area contributed by atoms with Crippen LogP contribution in [-0.2, 0) is 9.47 Å². The Hall–Kier alpha value is -1.53. The van der Waals surface area contributed by atoms with Gasteiger partial charge in [-0.15, -0.1) is 4.91 Å². The minimum atomic E-state index is -0.472. The van der Waals surface area contributed by atoms with E-state index in [1.54, 1.807) is 0 Å². The maximum atomic E-state index is 13.1. The van der Waals surface area contributed by atoms with Crippen LogP contribution in [0.25, 0.3) is 0 Å². The highest BCUT2D eigenvalue weighted by atomic mass is 19.1. The van der Waals surface area contributed by atoms with Gasteiger partial charge in [-0.3, -0.25) is 0 Å². The molecule has 0 bridgehead atoms. The lowest BCUT2D eigenvalue weighted by atomic mass is 10.1. The van der Waals surface area contributed by atoms with Gasteiger partial charge in [-0.1, -0.05) is 0 Å². The number of nitroso groups, excluding NO2 is 1. The van der Waals surface area contributed by atoms with Gasteiger partial charge in [-0.25, -0.2) is 4.39 Å². The van der Waals surface area contributed by atoms with Crippen LogP contribution in [0.4, 0.5) is 10.1 Å². The number of hydrogen-bond acceptors (Lipinski definition) is 5. The van der Waals surface area contributed by atoms with Crippen molar-refractivity contribution >= 4 is 5.69 Å². The maximum Gasteiger partial charge on any atom is 0.152 e. The Morgan fingerprint density at radius 1 is 1.39 bits per heavy atom. The predicted molar refractivity (Wildman–Crippen MR) is 60.4 cm³/mol. The van der Waals surface area contributed by atoms with Crippen LogP contribution in [0.2, 0.25) is 0 Å². The number of halogens is 1. The average molecular weight is 253 g/mol. The Labute approximate surface area is 103 Å². The van der Waals surface area contributed by atoms with E-state index in [-0.39, 0.29) is 29.7 Å². The molecule has 2 fully saturated rings. The average Bonchev–Trinajstić information content (AvgIpc) is 2.94. The minimum absolute atomic E-state index is 0.0381. The smallest absolute Gasteiger partial charge is 0.152 e. The van der Waals surface area contributed by atoms with Crippen molar-refractivity contribution in [3.05, 3.63) is 28.9 Å². The van der Waals surface area contributed by atoms with Crippen molar-refractivity contribution in [3.8, 4) is 5.75 Å². The van der Waals surface area contributed by atoms with Crippen LogP contribution in [0.15, 0.2) is 23.4 Å². The summed E-state index contributed by atoms with van der Waals surface area (Å²) in [5, 5.41) is 2.82. The number of hydrogen-bond donors (Lipinski definition) is 0. The molecule has 3 atom stereocenters. The first-order chi connectivity index (χ1) is 8.78. The summed E-state index contributed by atoms with van der Waals surface area (Å²) in [6.07, 6.45) is 0.413. The zero-order chi connectivity index (χ0) is 12.5. The van der Waals surface area contributed by atoms with Crippen molar-refractivity contribution in [1.29, 1.82) is 0 Å². The predicted octanol–water partition coefficient (Wildman–Crippen LogP) is 2.16. The quantitative estimate of drug-likeness (QED) is 0.774. The molecule has 1 aromatic rings. The van der Waals surface area contributed by atoms with Gasteiger partial charge in [0, 0.05) is 12.7 Å². The van der Waals surface area contributed by atoms with Gasteiger partial charge in [0.25, 0.3) is 0 Å². The van der Waals surface area contributed by atoms with Gasteiger partial charge in [-0.05, 0) is 23.7 Å². The lowest BCUT2D eigenvalue weighted by Crippen LogP contribution is -2.32. The van der Waals surface area contributed by atoms with Crippen LogP contribution in [0.3, 0.4) is 0 Å². The summed E-state index contributed by atoms with van der Waals surface area (Å²) >= 11 is 0. The molecule has 2 aliphatic rings. The van der Waals surface area contributed by atoms with Gasteiger partial charge in [-0.2, -0.15) is 0 Å². The van der Waals surface area contributed by atoms with E-state index in [0.717, 1.165) is 12.5 Å². The lowest BCUT2D eigenvalue weighted by Gasteiger charge is -2.18. The molecule has 0 amide bonds. The van der Waals surface area contributed by atoms with Gasteiger partial charge in [0.2, 0.25) is 0 Å². The van der Waals surface area contributed by atoms with Crippen molar-refractivity contribution in [2.75, 3.05) is 13.2 Å². The Bertz CT molecular complexity index is 467. The van der Waals surface area contributed by atoms with Crippen LogP contribution in [0.1, 0.15) is 6.42 Å². The molecule has 96 valence electrons. The fourth-order valence-corrected chi connectivity index (χ4v) is 2.35. The van der Waals surface area contributed by atoms with Crippen molar-refractivity contribution in [2.45, 2.75) is 24.7 Å². The molecule has 2 saturated heterocycles. The van der Waals surface area contributed by atoms with E-state index in [1.165, 1.54) is 12.1 Å². The molecular weight excluding hydrogens is 241 g/mol. The molecule has 1 aromatic carbocycles. The van der Waals surface area contributed by atoms with Crippen LogP contribution in [0, 0.1) is 10.7 Å². The highest BCUT2D eigenvalue weighted by Crippen LogP contribution is 2.34. The first-order valence-electron chi connectivity index (χ1n) is 5.80. The number of fused-ring (bicyclic) bond motifs is 1. The van der Waals surface area contributed by atoms with Gasteiger partial charge in [0.05, 0.1) is 12.7 Å². The van der Waals surface area contributed by atoms with E-state index in [2.05, 4.69) is 5.18 Å². The topological polar surface area (TPSA) is 57.1 Å². The fourth-order valence-electron chi connectivity index (χ4n) is 2.35. The van der Waals surface area contributed by atoms with Crippen molar-refractivity contribution < 1.29 is 18.6 Å². The third-order valence-electron chi connectivity index (χ3n) is 3.22. The largest absolute Gasteiger partial charge is 0.483 e. The van der Waals surface area contributed by atoms with Crippen molar-refractivity contribution in [1.82, 2.24) is 0 Å². The highest BCUT2D eigenvalue weighted by Gasteiger charge is 2.43. The molecule has 5 nitrogen and oxygen atoms in total. The summed E-state index contributed by atoms with van der Waals surface area (Å²) < 4.78 is 29.8. The van der Waals surface area contributed by atoms with E-state index in [0.29, 0.717) is 13.2 Å². The molecule has 6 heteroatoms. The molecule has 0 radical (unpaired) electrons. The molecular formula is C12H12FNO4. The Kier molecular flexibility index (Phi) is 2.97.